The van der Waals surface area contributed by atoms with Crippen LogP contribution in [-0.4, -0.2) is 27.2 Å². The highest BCUT2D eigenvalue weighted by Gasteiger charge is 2.25. The molecule has 1 aromatic rings. The van der Waals surface area contributed by atoms with Crippen LogP contribution in [0.25, 0.3) is 0 Å². The molecule has 1 aromatic carbocycles. The van der Waals surface area contributed by atoms with E-state index in [0.717, 1.165) is 6.07 Å². The number of nitrogens with one attached hydrogen (secondary N) is 1. The predicted octanol–water partition coefficient (Wildman–Crippen LogP) is 1.25. The van der Waals surface area contributed by atoms with Gasteiger partial charge in [0.1, 0.15) is 5.82 Å². The molecular weight excluding hydrogens is 271 g/mol. The number of rotatable bonds is 3. The molecule has 2 atom stereocenters. The third-order valence-corrected chi connectivity index (χ3v) is 4.61. The number of ether oxygens (including phenoxy) is 1. The summed E-state index contributed by atoms with van der Waals surface area (Å²) in [7, 11) is -3.72. The Bertz CT molecular complexity index is 562. The summed E-state index contributed by atoms with van der Waals surface area (Å²) < 4.78 is 45.5. The summed E-state index contributed by atoms with van der Waals surface area (Å²) in [4.78, 5) is -0.113. The lowest BCUT2D eigenvalue weighted by atomic mass is 10.1. The Hall–Kier alpha value is -1.18. The van der Waals surface area contributed by atoms with E-state index in [4.69, 9.17) is 10.5 Å². The molecule has 1 aliphatic rings. The molecule has 5 nitrogen and oxygen atoms in total. The van der Waals surface area contributed by atoms with Crippen molar-refractivity contribution in [1.29, 1.82) is 0 Å². The Balaban J connectivity index is 2.15. The molecule has 2 rings (SSSR count). The molecule has 19 heavy (non-hydrogen) atoms. The monoisotopic (exact) mass is 288 g/mol. The maximum Gasteiger partial charge on any atom is 0.240 e. The second-order valence-electron chi connectivity index (χ2n) is 4.71. The van der Waals surface area contributed by atoms with Crippen molar-refractivity contribution in [3.63, 3.8) is 0 Å². The fourth-order valence-electron chi connectivity index (χ4n) is 2.07. The van der Waals surface area contributed by atoms with Gasteiger partial charge < -0.3 is 10.5 Å². The minimum atomic E-state index is -3.72. The number of benzene rings is 1. The van der Waals surface area contributed by atoms with Gasteiger partial charge >= 0.3 is 0 Å². The molecule has 1 saturated heterocycles. The molecule has 0 radical (unpaired) electrons. The summed E-state index contributed by atoms with van der Waals surface area (Å²) in [6, 6.07) is 3.29. The van der Waals surface area contributed by atoms with Gasteiger partial charge in [-0.05, 0) is 38.0 Å². The van der Waals surface area contributed by atoms with Gasteiger partial charge in [0.05, 0.1) is 16.7 Å². The van der Waals surface area contributed by atoms with Crippen molar-refractivity contribution >= 4 is 15.7 Å². The average Bonchev–Trinajstić information content (AvgIpc) is 2.32. The van der Waals surface area contributed by atoms with Crippen LogP contribution in [0, 0.1) is 5.82 Å². The van der Waals surface area contributed by atoms with Crippen LogP contribution in [0.5, 0.6) is 0 Å². The van der Waals surface area contributed by atoms with Crippen LogP contribution < -0.4 is 10.5 Å². The van der Waals surface area contributed by atoms with Crippen molar-refractivity contribution in [2.75, 3.05) is 12.3 Å². The third-order valence-electron chi connectivity index (χ3n) is 3.09. The molecule has 2 unspecified atom stereocenters. The van der Waals surface area contributed by atoms with E-state index in [1.54, 1.807) is 0 Å². The number of halogens is 1. The number of hydrogen-bond acceptors (Lipinski definition) is 4. The molecule has 0 amide bonds. The van der Waals surface area contributed by atoms with Crippen LogP contribution in [-0.2, 0) is 14.8 Å². The summed E-state index contributed by atoms with van der Waals surface area (Å²) in [6.45, 7) is 2.41. The van der Waals surface area contributed by atoms with Crippen LogP contribution in [0.15, 0.2) is 23.1 Å². The van der Waals surface area contributed by atoms with Crippen LogP contribution in [0.4, 0.5) is 10.1 Å². The molecular formula is C12H17FN2O3S. The highest BCUT2D eigenvalue weighted by Crippen LogP contribution is 2.19. The first-order valence-corrected chi connectivity index (χ1v) is 7.56. The lowest BCUT2D eigenvalue weighted by molar-refractivity contribution is 0.0173. The SMILES string of the molecule is CC1CC(NS(=O)(=O)c2ccc(N)c(F)c2)CCO1. The van der Waals surface area contributed by atoms with E-state index in [9.17, 15) is 12.8 Å². The zero-order valence-electron chi connectivity index (χ0n) is 10.6. The molecule has 3 N–H and O–H groups in total. The zero-order valence-corrected chi connectivity index (χ0v) is 11.4. The second-order valence-corrected chi connectivity index (χ2v) is 6.42. The molecule has 0 aliphatic carbocycles. The van der Waals surface area contributed by atoms with Gasteiger partial charge in [-0.25, -0.2) is 17.5 Å². The fraction of sp³-hybridized carbons (Fsp3) is 0.500. The van der Waals surface area contributed by atoms with Crippen molar-refractivity contribution in [1.82, 2.24) is 4.72 Å². The number of sulfonamides is 1. The van der Waals surface area contributed by atoms with E-state index in [1.165, 1.54) is 12.1 Å². The van der Waals surface area contributed by atoms with Gasteiger partial charge in [0, 0.05) is 12.6 Å². The van der Waals surface area contributed by atoms with Crippen molar-refractivity contribution < 1.29 is 17.5 Å². The van der Waals surface area contributed by atoms with Gasteiger partial charge in [0.2, 0.25) is 10.0 Å². The smallest absolute Gasteiger partial charge is 0.240 e. The zero-order chi connectivity index (χ0) is 14.0. The maximum atomic E-state index is 13.3. The summed E-state index contributed by atoms with van der Waals surface area (Å²) in [6.07, 6.45) is 1.24. The van der Waals surface area contributed by atoms with Crippen LogP contribution in [0.1, 0.15) is 19.8 Å². The largest absolute Gasteiger partial charge is 0.396 e. The Labute approximate surface area is 112 Å². The maximum absolute atomic E-state index is 13.3. The normalized spacial score (nSPS) is 24.3. The number of anilines is 1. The molecule has 1 fully saturated rings. The highest BCUT2D eigenvalue weighted by molar-refractivity contribution is 7.89. The van der Waals surface area contributed by atoms with Crippen molar-refractivity contribution in [3.05, 3.63) is 24.0 Å². The van der Waals surface area contributed by atoms with Crippen LogP contribution in [0.2, 0.25) is 0 Å². The summed E-state index contributed by atoms with van der Waals surface area (Å²) in [5, 5.41) is 0. The molecule has 0 aromatic heterocycles. The highest BCUT2D eigenvalue weighted by atomic mass is 32.2. The Kier molecular flexibility index (Phi) is 4.07. The van der Waals surface area contributed by atoms with E-state index < -0.39 is 15.8 Å². The average molecular weight is 288 g/mol. The Morgan fingerprint density at radius 1 is 1.47 bits per heavy atom. The van der Waals surface area contributed by atoms with Gasteiger partial charge in [-0.1, -0.05) is 0 Å². The van der Waals surface area contributed by atoms with E-state index in [-0.39, 0.29) is 22.7 Å². The molecule has 0 spiro atoms. The molecule has 7 heteroatoms. The lowest BCUT2D eigenvalue weighted by Gasteiger charge is -2.27. The van der Waals surface area contributed by atoms with Crippen molar-refractivity contribution in [3.8, 4) is 0 Å². The molecule has 0 saturated carbocycles. The van der Waals surface area contributed by atoms with Gasteiger partial charge in [-0.2, -0.15) is 0 Å². The van der Waals surface area contributed by atoms with Gasteiger partial charge in [0.15, 0.2) is 0 Å². The molecule has 106 valence electrons. The van der Waals surface area contributed by atoms with Crippen LogP contribution in [0.3, 0.4) is 0 Å². The first-order chi connectivity index (χ1) is 8.88. The minimum Gasteiger partial charge on any atom is -0.396 e. The topological polar surface area (TPSA) is 81.4 Å². The number of hydrogen-bond donors (Lipinski definition) is 2. The summed E-state index contributed by atoms with van der Waals surface area (Å²) >= 11 is 0. The standard InChI is InChI=1S/C12H17FN2O3S/c1-8-6-9(4-5-18-8)15-19(16,17)10-2-3-12(14)11(13)7-10/h2-3,7-9,15H,4-6,14H2,1H3. The van der Waals surface area contributed by atoms with E-state index >= 15 is 0 Å². The fourth-order valence-corrected chi connectivity index (χ4v) is 3.36. The lowest BCUT2D eigenvalue weighted by Crippen LogP contribution is -2.41. The van der Waals surface area contributed by atoms with E-state index in [2.05, 4.69) is 4.72 Å². The first kappa shape index (κ1) is 14.2. The molecule has 1 aliphatic heterocycles. The Morgan fingerprint density at radius 3 is 2.84 bits per heavy atom. The van der Waals surface area contributed by atoms with Crippen molar-refractivity contribution in [2.24, 2.45) is 0 Å². The van der Waals surface area contributed by atoms with Crippen LogP contribution >= 0.6 is 0 Å². The van der Waals surface area contributed by atoms with Gasteiger partial charge in [-0.15, -0.1) is 0 Å². The second kappa shape index (κ2) is 5.44. The summed E-state index contributed by atoms with van der Waals surface area (Å²) in [5.41, 5.74) is 5.26. The first-order valence-electron chi connectivity index (χ1n) is 6.07. The van der Waals surface area contributed by atoms with E-state index in [1.807, 2.05) is 6.92 Å². The number of nitrogens with two attached hydrogens (primary N) is 1. The Morgan fingerprint density at radius 2 is 2.21 bits per heavy atom. The molecule has 0 bridgehead atoms. The quantitative estimate of drug-likeness (QED) is 0.820. The third kappa shape index (κ3) is 3.43. The predicted molar refractivity (Wildman–Crippen MR) is 69.6 cm³/mol. The number of nitrogen functional groups attached to an aromatic ring is 1. The summed E-state index contributed by atoms with van der Waals surface area (Å²) in [5.74, 6) is -0.733. The minimum absolute atomic E-state index is 0.0182. The van der Waals surface area contributed by atoms with E-state index in [0.29, 0.717) is 19.4 Å². The van der Waals surface area contributed by atoms with Crippen molar-refractivity contribution in [2.45, 2.75) is 36.8 Å². The molecule has 1 heterocycles. The van der Waals surface area contributed by atoms with Gasteiger partial charge in [-0.3, -0.25) is 0 Å². The van der Waals surface area contributed by atoms with Gasteiger partial charge in [0.25, 0.3) is 0 Å².